The summed E-state index contributed by atoms with van der Waals surface area (Å²) in [6.07, 6.45) is 6.38. The number of aromatic nitrogens is 2. The van der Waals surface area contributed by atoms with E-state index < -0.39 is 0 Å². The molecule has 7 nitrogen and oxygen atoms in total. The van der Waals surface area contributed by atoms with Crippen LogP contribution in [0.5, 0.6) is 0 Å². The van der Waals surface area contributed by atoms with E-state index in [2.05, 4.69) is 10.4 Å². The Hall–Kier alpha value is -2.70. The van der Waals surface area contributed by atoms with Gasteiger partial charge in [0.2, 0.25) is 11.8 Å². The van der Waals surface area contributed by atoms with Crippen molar-refractivity contribution in [3.63, 3.8) is 0 Å². The highest BCUT2D eigenvalue weighted by atomic mass is 16.2. The van der Waals surface area contributed by atoms with E-state index in [1.54, 1.807) is 12.3 Å². The molecule has 27 heavy (non-hydrogen) atoms. The number of carbonyl (C=O) groups is 2. The van der Waals surface area contributed by atoms with E-state index in [-0.39, 0.29) is 29.7 Å². The third-order valence-corrected chi connectivity index (χ3v) is 5.68. The molecule has 2 aliphatic rings. The molecule has 142 valence electrons. The van der Waals surface area contributed by atoms with Gasteiger partial charge in [0.25, 0.3) is 5.56 Å². The normalized spacial score (nSPS) is 20.5. The second-order valence-electron chi connectivity index (χ2n) is 7.44. The molecule has 1 saturated heterocycles. The first kappa shape index (κ1) is 17.7. The van der Waals surface area contributed by atoms with Crippen LogP contribution < -0.4 is 10.9 Å². The van der Waals surface area contributed by atoms with E-state index in [4.69, 9.17) is 0 Å². The minimum Gasteiger partial charge on any atom is -0.354 e. The van der Waals surface area contributed by atoms with Gasteiger partial charge in [-0.1, -0.05) is 31.0 Å². The molecule has 1 aliphatic heterocycles. The first-order valence-electron chi connectivity index (χ1n) is 9.65. The van der Waals surface area contributed by atoms with Gasteiger partial charge in [-0.05, 0) is 18.9 Å². The van der Waals surface area contributed by atoms with Crippen molar-refractivity contribution in [3.05, 3.63) is 40.8 Å². The number of hydrogen-bond acceptors (Lipinski definition) is 4. The van der Waals surface area contributed by atoms with E-state index >= 15 is 0 Å². The first-order valence-corrected chi connectivity index (χ1v) is 9.65. The van der Waals surface area contributed by atoms with Gasteiger partial charge in [0.1, 0.15) is 0 Å². The van der Waals surface area contributed by atoms with Crippen molar-refractivity contribution in [2.24, 2.45) is 5.92 Å². The lowest BCUT2D eigenvalue weighted by Gasteiger charge is -2.23. The van der Waals surface area contributed by atoms with Crippen molar-refractivity contribution in [2.45, 2.75) is 44.7 Å². The molecule has 0 bridgehead atoms. The van der Waals surface area contributed by atoms with E-state index in [9.17, 15) is 14.4 Å². The number of hydrogen-bond donors (Lipinski definition) is 1. The van der Waals surface area contributed by atoms with Gasteiger partial charge in [-0.2, -0.15) is 5.10 Å². The summed E-state index contributed by atoms with van der Waals surface area (Å²) in [5, 5.41) is 8.45. The van der Waals surface area contributed by atoms with E-state index in [1.165, 1.54) is 17.5 Å². The molecule has 2 heterocycles. The van der Waals surface area contributed by atoms with Crippen LogP contribution >= 0.6 is 0 Å². The van der Waals surface area contributed by atoms with Gasteiger partial charge in [0.15, 0.2) is 0 Å². The summed E-state index contributed by atoms with van der Waals surface area (Å²) in [7, 11) is 0. The summed E-state index contributed by atoms with van der Waals surface area (Å²) in [5.41, 5.74) is -0.161. The fourth-order valence-corrected chi connectivity index (χ4v) is 4.19. The standard InChI is InChI=1S/C20H24N4O3/c25-18-11-15(13-23(18)16-6-2-3-7-16)19(26)21-9-10-24-20(27)17-8-4-1-5-14(17)12-22-24/h1,4-5,8,12,15-16H,2-3,6-7,9-11,13H2,(H,21,26)/t15-/m1/s1. The maximum atomic E-state index is 12.4. The van der Waals surface area contributed by atoms with Crippen molar-refractivity contribution < 1.29 is 9.59 Å². The molecule has 1 N–H and O–H groups in total. The molecule has 2 amide bonds. The lowest BCUT2D eigenvalue weighted by Crippen LogP contribution is -2.38. The van der Waals surface area contributed by atoms with Crippen molar-refractivity contribution >= 4 is 22.6 Å². The van der Waals surface area contributed by atoms with Crippen LogP contribution in [0.25, 0.3) is 10.8 Å². The molecule has 1 aliphatic carbocycles. The summed E-state index contributed by atoms with van der Waals surface area (Å²) >= 11 is 0. The molecule has 1 aromatic heterocycles. The van der Waals surface area contributed by atoms with Crippen LogP contribution in [0.4, 0.5) is 0 Å². The number of fused-ring (bicyclic) bond motifs is 1. The lowest BCUT2D eigenvalue weighted by atomic mass is 10.1. The number of carbonyl (C=O) groups excluding carboxylic acids is 2. The molecular formula is C20H24N4O3. The third-order valence-electron chi connectivity index (χ3n) is 5.68. The highest BCUT2D eigenvalue weighted by molar-refractivity contribution is 5.89. The SMILES string of the molecule is O=C(NCCn1ncc2ccccc2c1=O)[C@@H]1CC(=O)N(C2CCCC2)C1. The Balaban J connectivity index is 1.33. The zero-order valence-electron chi connectivity index (χ0n) is 15.3. The fourth-order valence-electron chi connectivity index (χ4n) is 4.19. The Morgan fingerprint density at radius 1 is 1.19 bits per heavy atom. The number of rotatable bonds is 5. The van der Waals surface area contributed by atoms with Crippen LogP contribution in [0, 0.1) is 5.92 Å². The average Bonchev–Trinajstić information content (AvgIpc) is 3.33. The second-order valence-corrected chi connectivity index (χ2v) is 7.44. The van der Waals surface area contributed by atoms with E-state index in [0.29, 0.717) is 31.1 Å². The number of nitrogens with one attached hydrogen (secondary N) is 1. The molecule has 4 rings (SSSR count). The van der Waals surface area contributed by atoms with Gasteiger partial charge >= 0.3 is 0 Å². The predicted octanol–water partition coefficient (Wildman–Crippen LogP) is 1.30. The maximum Gasteiger partial charge on any atom is 0.274 e. The molecule has 0 spiro atoms. The fraction of sp³-hybridized carbons (Fsp3) is 0.500. The third kappa shape index (κ3) is 3.59. The maximum absolute atomic E-state index is 12.4. The van der Waals surface area contributed by atoms with Gasteiger partial charge in [-0.15, -0.1) is 0 Å². The summed E-state index contributed by atoms with van der Waals surface area (Å²) in [6, 6.07) is 7.63. The number of nitrogens with zero attached hydrogens (tertiary/aromatic N) is 3. The van der Waals surface area contributed by atoms with Crippen LogP contribution in [0.2, 0.25) is 0 Å². The molecule has 2 fully saturated rings. The molecular weight excluding hydrogens is 344 g/mol. The smallest absolute Gasteiger partial charge is 0.274 e. The molecule has 7 heteroatoms. The monoisotopic (exact) mass is 368 g/mol. The molecule has 1 aromatic carbocycles. The predicted molar refractivity (Wildman–Crippen MR) is 101 cm³/mol. The number of benzene rings is 1. The Bertz CT molecular complexity index is 917. The quantitative estimate of drug-likeness (QED) is 0.862. The van der Waals surface area contributed by atoms with Gasteiger partial charge in [0, 0.05) is 30.9 Å². The van der Waals surface area contributed by atoms with E-state index in [1.807, 2.05) is 23.1 Å². The molecule has 0 radical (unpaired) electrons. The molecule has 2 aromatic rings. The number of amides is 2. The highest BCUT2D eigenvalue weighted by Crippen LogP contribution is 2.29. The second kappa shape index (κ2) is 7.50. The van der Waals surface area contributed by atoms with Crippen molar-refractivity contribution in [1.29, 1.82) is 0 Å². The van der Waals surface area contributed by atoms with Crippen LogP contribution in [-0.2, 0) is 16.1 Å². The van der Waals surface area contributed by atoms with E-state index in [0.717, 1.165) is 18.2 Å². The van der Waals surface area contributed by atoms with Crippen molar-refractivity contribution in [3.8, 4) is 0 Å². The van der Waals surface area contributed by atoms with Crippen LogP contribution in [0.3, 0.4) is 0 Å². The highest BCUT2D eigenvalue weighted by Gasteiger charge is 2.38. The van der Waals surface area contributed by atoms with Gasteiger partial charge in [-0.25, -0.2) is 4.68 Å². The largest absolute Gasteiger partial charge is 0.354 e. The summed E-state index contributed by atoms with van der Waals surface area (Å²) in [5.74, 6) is -0.313. The van der Waals surface area contributed by atoms with Crippen molar-refractivity contribution in [2.75, 3.05) is 13.1 Å². The zero-order chi connectivity index (χ0) is 18.8. The Labute approximate surface area is 157 Å². The minimum atomic E-state index is -0.292. The van der Waals surface area contributed by atoms with Crippen LogP contribution in [-0.4, -0.2) is 45.6 Å². The summed E-state index contributed by atoms with van der Waals surface area (Å²) in [4.78, 5) is 39.0. The molecule has 0 unspecified atom stereocenters. The summed E-state index contributed by atoms with van der Waals surface area (Å²) < 4.78 is 1.37. The Kier molecular flexibility index (Phi) is 4.92. The van der Waals surface area contributed by atoms with Crippen LogP contribution in [0.15, 0.2) is 35.3 Å². The summed E-state index contributed by atoms with van der Waals surface area (Å²) in [6.45, 7) is 1.14. The lowest BCUT2D eigenvalue weighted by molar-refractivity contribution is -0.130. The van der Waals surface area contributed by atoms with Gasteiger partial charge in [0.05, 0.1) is 24.0 Å². The van der Waals surface area contributed by atoms with Gasteiger partial charge in [-0.3, -0.25) is 14.4 Å². The average molecular weight is 368 g/mol. The topological polar surface area (TPSA) is 84.3 Å². The zero-order valence-corrected chi connectivity index (χ0v) is 15.3. The first-order chi connectivity index (χ1) is 13.1. The Morgan fingerprint density at radius 3 is 2.78 bits per heavy atom. The van der Waals surface area contributed by atoms with Crippen LogP contribution in [0.1, 0.15) is 32.1 Å². The molecule has 1 atom stereocenters. The number of likely N-dealkylation sites (tertiary alicyclic amines) is 1. The Morgan fingerprint density at radius 2 is 1.96 bits per heavy atom. The van der Waals surface area contributed by atoms with Gasteiger partial charge < -0.3 is 10.2 Å². The minimum absolute atomic E-state index is 0.0921. The van der Waals surface area contributed by atoms with Crippen molar-refractivity contribution in [1.82, 2.24) is 20.0 Å². The molecule has 1 saturated carbocycles.